The van der Waals surface area contributed by atoms with Gasteiger partial charge in [-0.15, -0.1) is 0 Å². The maximum Gasteiger partial charge on any atom is 0.264 e. The molecule has 1 N–H and O–H groups in total. The minimum Gasteiger partial charge on any atom is -0.352 e. The Morgan fingerprint density at radius 3 is 2.10 bits per heavy atom. The molecule has 0 unspecified atom stereocenters. The molecule has 3 aromatic carbocycles. The molecule has 0 aliphatic rings. The van der Waals surface area contributed by atoms with Gasteiger partial charge in [0.2, 0.25) is 11.8 Å². The SMILES string of the molecule is CC[C@H](C)NC(=O)[C@H](C)N(Cc1ccc(Br)cc1)C(=O)CN(c1ccc(C)cc1)S(=O)(=O)c1ccc(F)cc1. The van der Waals surface area contributed by atoms with E-state index in [1.54, 1.807) is 31.2 Å². The van der Waals surface area contributed by atoms with E-state index < -0.39 is 34.3 Å². The van der Waals surface area contributed by atoms with E-state index in [4.69, 9.17) is 0 Å². The Hall–Kier alpha value is -3.24. The number of nitrogens with one attached hydrogen (secondary N) is 1. The highest BCUT2D eigenvalue weighted by molar-refractivity contribution is 9.10. The van der Waals surface area contributed by atoms with E-state index in [1.807, 2.05) is 45.0 Å². The first-order chi connectivity index (χ1) is 18.4. The first-order valence-electron chi connectivity index (χ1n) is 12.6. The fourth-order valence-electron chi connectivity index (χ4n) is 3.81. The molecule has 10 heteroatoms. The highest BCUT2D eigenvalue weighted by atomic mass is 79.9. The van der Waals surface area contributed by atoms with E-state index >= 15 is 0 Å². The number of hydrogen-bond acceptors (Lipinski definition) is 4. The van der Waals surface area contributed by atoms with E-state index in [1.165, 1.54) is 4.90 Å². The molecule has 0 aliphatic carbocycles. The van der Waals surface area contributed by atoms with Gasteiger partial charge >= 0.3 is 0 Å². The van der Waals surface area contributed by atoms with Gasteiger partial charge in [-0.25, -0.2) is 12.8 Å². The van der Waals surface area contributed by atoms with Crippen LogP contribution >= 0.6 is 15.9 Å². The zero-order valence-corrected chi connectivity index (χ0v) is 24.8. The van der Waals surface area contributed by atoms with Crippen molar-refractivity contribution in [2.75, 3.05) is 10.8 Å². The fourth-order valence-corrected chi connectivity index (χ4v) is 5.49. The van der Waals surface area contributed by atoms with E-state index in [0.29, 0.717) is 0 Å². The first-order valence-corrected chi connectivity index (χ1v) is 14.8. The molecule has 3 aromatic rings. The standard InChI is InChI=1S/C29H33BrFN3O4S/c1-5-21(3)32-29(36)22(4)33(18-23-8-10-24(30)11-9-23)28(35)19-34(26-14-6-20(2)7-15-26)39(37,38)27-16-12-25(31)13-17-27/h6-17,21-22H,5,18-19H2,1-4H3,(H,32,36)/t21-,22-/m0/s1. The van der Waals surface area contributed by atoms with Crippen molar-refractivity contribution in [1.29, 1.82) is 0 Å². The topological polar surface area (TPSA) is 86.8 Å². The van der Waals surface area contributed by atoms with Gasteiger partial charge in [-0.2, -0.15) is 0 Å². The molecule has 0 bridgehead atoms. The molecule has 0 aromatic heterocycles. The number of anilines is 1. The van der Waals surface area contributed by atoms with Gasteiger partial charge in [-0.3, -0.25) is 13.9 Å². The molecule has 0 spiro atoms. The molecule has 3 rings (SSSR count). The number of halogens is 2. The summed E-state index contributed by atoms with van der Waals surface area (Å²) in [7, 11) is -4.25. The Balaban J connectivity index is 2.01. The van der Waals surface area contributed by atoms with Crippen molar-refractivity contribution in [3.63, 3.8) is 0 Å². The van der Waals surface area contributed by atoms with E-state index in [9.17, 15) is 22.4 Å². The van der Waals surface area contributed by atoms with Gasteiger partial charge in [0.15, 0.2) is 0 Å². The summed E-state index contributed by atoms with van der Waals surface area (Å²) in [4.78, 5) is 28.2. The zero-order chi connectivity index (χ0) is 28.7. The number of aryl methyl sites for hydroxylation is 1. The molecule has 39 heavy (non-hydrogen) atoms. The number of hydrogen-bond donors (Lipinski definition) is 1. The van der Waals surface area contributed by atoms with Gasteiger partial charge in [0.1, 0.15) is 18.4 Å². The molecule has 0 aliphatic heterocycles. The summed E-state index contributed by atoms with van der Waals surface area (Å²) in [5.74, 6) is -1.47. The van der Waals surface area contributed by atoms with Crippen molar-refractivity contribution in [3.8, 4) is 0 Å². The summed E-state index contributed by atoms with van der Waals surface area (Å²) >= 11 is 3.40. The van der Waals surface area contributed by atoms with Crippen molar-refractivity contribution in [2.45, 2.75) is 57.6 Å². The van der Waals surface area contributed by atoms with Gasteiger partial charge in [0, 0.05) is 17.1 Å². The predicted molar refractivity (Wildman–Crippen MR) is 154 cm³/mol. The smallest absolute Gasteiger partial charge is 0.264 e. The van der Waals surface area contributed by atoms with Crippen LogP contribution < -0.4 is 9.62 Å². The van der Waals surface area contributed by atoms with Crippen LogP contribution in [0, 0.1) is 12.7 Å². The average molecular weight is 619 g/mol. The van der Waals surface area contributed by atoms with Gasteiger partial charge in [0.25, 0.3) is 10.0 Å². The Morgan fingerprint density at radius 1 is 0.949 bits per heavy atom. The van der Waals surface area contributed by atoms with Crippen molar-refractivity contribution >= 4 is 43.5 Å². The second-order valence-electron chi connectivity index (χ2n) is 9.44. The minimum absolute atomic E-state index is 0.0903. The van der Waals surface area contributed by atoms with Crippen LogP contribution in [-0.2, 0) is 26.2 Å². The number of carbonyl (C=O) groups is 2. The third kappa shape index (κ3) is 7.89. The first kappa shape index (κ1) is 30.3. The van der Waals surface area contributed by atoms with Crippen LogP contribution in [0.5, 0.6) is 0 Å². The highest BCUT2D eigenvalue weighted by Crippen LogP contribution is 2.25. The van der Waals surface area contributed by atoms with Crippen LogP contribution in [0.15, 0.2) is 82.2 Å². The second kappa shape index (κ2) is 13.2. The Labute approximate surface area is 238 Å². The van der Waals surface area contributed by atoms with Crippen LogP contribution in [0.1, 0.15) is 38.3 Å². The maximum absolute atomic E-state index is 13.9. The van der Waals surface area contributed by atoms with Crippen LogP contribution in [-0.4, -0.2) is 43.8 Å². The molecule has 0 saturated carbocycles. The fraction of sp³-hybridized carbons (Fsp3) is 0.310. The van der Waals surface area contributed by atoms with Crippen LogP contribution in [0.2, 0.25) is 0 Å². The summed E-state index contributed by atoms with van der Waals surface area (Å²) in [5.41, 5.74) is 1.97. The second-order valence-corrected chi connectivity index (χ2v) is 12.2. The number of benzene rings is 3. The lowest BCUT2D eigenvalue weighted by molar-refractivity contribution is -0.139. The maximum atomic E-state index is 13.9. The molecule has 2 atom stereocenters. The predicted octanol–water partition coefficient (Wildman–Crippen LogP) is 5.42. The molecule has 0 radical (unpaired) electrons. The Kier molecular flexibility index (Phi) is 10.3. The lowest BCUT2D eigenvalue weighted by Gasteiger charge is -2.32. The average Bonchev–Trinajstić information content (AvgIpc) is 2.91. The van der Waals surface area contributed by atoms with Gasteiger partial charge in [-0.05, 0) is 81.3 Å². The molecule has 208 valence electrons. The number of nitrogens with zero attached hydrogens (tertiary/aromatic N) is 2. The third-order valence-corrected chi connectivity index (χ3v) is 8.75. The molecule has 7 nitrogen and oxygen atoms in total. The monoisotopic (exact) mass is 617 g/mol. The van der Waals surface area contributed by atoms with E-state index in [2.05, 4.69) is 21.2 Å². The number of amides is 2. The Morgan fingerprint density at radius 2 is 1.54 bits per heavy atom. The van der Waals surface area contributed by atoms with Crippen molar-refractivity contribution in [2.24, 2.45) is 0 Å². The van der Waals surface area contributed by atoms with Crippen LogP contribution in [0.25, 0.3) is 0 Å². The highest BCUT2D eigenvalue weighted by Gasteiger charge is 2.32. The summed E-state index contributed by atoms with van der Waals surface area (Å²) in [5, 5.41) is 2.90. The number of carbonyl (C=O) groups excluding carboxylic acids is 2. The zero-order valence-electron chi connectivity index (χ0n) is 22.4. The quantitative estimate of drug-likeness (QED) is 0.311. The Bertz CT molecular complexity index is 1380. The van der Waals surface area contributed by atoms with Crippen molar-refractivity contribution < 1.29 is 22.4 Å². The molecule has 0 heterocycles. The molecular formula is C29H33BrFN3O4S. The number of sulfonamides is 1. The molecule has 0 fully saturated rings. The van der Waals surface area contributed by atoms with Crippen LogP contribution in [0.4, 0.5) is 10.1 Å². The summed E-state index contributed by atoms with van der Waals surface area (Å²) in [6.45, 7) is 6.85. The largest absolute Gasteiger partial charge is 0.352 e. The van der Waals surface area contributed by atoms with E-state index in [0.717, 1.165) is 50.6 Å². The number of rotatable bonds is 11. The molecule has 0 saturated heterocycles. The summed E-state index contributed by atoms with van der Waals surface area (Å²) in [6.07, 6.45) is 0.718. The minimum atomic E-state index is -4.25. The van der Waals surface area contributed by atoms with Crippen molar-refractivity contribution in [3.05, 3.63) is 94.2 Å². The molecular weight excluding hydrogens is 585 g/mol. The summed E-state index contributed by atoms with van der Waals surface area (Å²) in [6, 6.07) is 17.5. The summed E-state index contributed by atoms with van der Waals surface area (Å²) < 4.78 is 42.9. The lowest BCUT2D eigenvalue weighted by atomic mass is 10.1. The van der Waals surface area contributed by atoms with E-state index in [-0.39, 0.29) is 29.1 Å². The van der Waals surface area contributed by atoms with Crippen LogP contribution in [0.3, 0.4) is 0 Å². The van der Waals surface area contributed by atoms with Gasteiger partial charge in [-0.1, -0.05) is 52.7 Å². The third-order valence-electron chi connectivity index (χ3n) is 6.44. The molecule has 2 amide bonds. The van der Waals surface area contributed by atoms with Gasteiger partial charge < -0.3 is 10.2 Å². The van der Waals surface area contributed by atoms with Crippen molar-refractivity contribution in [1.82, 2.24) is 10.2 Å². The lowest BCUT2D eigenvalue weighted by Crippen LogP contribution is -2.52. The normalized spacial score (nSPS) is 12.9. The van der Waals surface area contributed by atoms with Gasteiger partial charge in [0.05, 0.1) is 10.6 Å².